The molecular formula is C22H19ClN4O. The zero-order chi connectivity index (χ0) is 19.5. The summed E-state index contributed by atoms with van der Waals surface area (Å²) in [7, 11) is 0. The summed E-state index contributed by atoms with van der Waals surface area (Å²) in [4.78, 5) is 16.4. The number of aromatic nitrogens is 3. The van der Waals surface area contributed by atoms with Crippen LogP contribution in [-0.4, -0.2) is 20.7 Å². The molecule has 0 saturated heterocycles. The number of hydrogen-bond donors (Lipinski definition) is 1. The van der Waals surface area contributed by atoms with Gasteiger partial charge >= 0.3 is 0 Å². The van der Waals surface area contributed by atoms with Gasteiger partial charge in [-0.3, -0.25) is 14.5 Å². The number of nitrogens with two attached hydrogens (primary N) is 1. The van der Waals surface area contributed by atoms with E-state index >= 15 is 0 Å². The Kier molecular flexibility index (Phi) is 5.08. The second kappa shape index (κ2) is 7.82. The van der Waals surface area contributed by atoms with Crippen molar-refractivity contribution >= 4 is 28.4 Å². The first-order valence-electron chi connectivity index (χ1n) is 9.00. The standard InChI is InChI=1S/C22H19ClN4O/c23-17-9-7-15(8-10-17)14-27-20-6-2-1-5-18(20)21(26-27)19(22(24)28)12-16-4-3-11-25-13-16/h1-11,13,19H,12,14H2,(H2,24,28). The summed E-state index contributed by atoms with van der Waals surface area (Å²) in [5.74, 6) is -0.925. The average Bonchev–Trinajstić information content (AvgIpc) is 3.07. The maximum absolute atomic E-state index is 12.3. The molecule has 0 aliphatic carbocycles. The third kappa shape index (κ3) is 3.75. The number of primary amides is 1. The van der Waals surface area contributed by atoms with Crippen LogP contribution >= 0.6 is 11.6 Å². The van der Waals surface area contributed by atoms with Crippen molar-refractivity contribution in [2.75, 3.05) is 0 Å². The van der Waals surface area contributed by atoms with Crippen LogP contribution in [0.2, 0.25) is 5.02 Å². The second-order valence-electron chi connectivity index (χ2n) is 6.71. The van der Waals surface area contributed by atoms with Crippen molar-refractivity contribution < 1.29 is 4.79 Å². The van der Waals surface area contributed by atoms with Gasteiger partial charge in [0.2, 0.25) is 5.91 Å². The highest BCUT2D eigenvalue weighted by molar-refractivity contribution is 6.30. The molecule has 6 heteroatoms. The Morgan fingerprint density at radius 2 is 1.82 bits per heavy atom. The predicted octanol–water partition coefficient (Wildman–Crippen LogP) is 3.94. The van der Waals surface area contributed by atoms with E-state index in [0.717, 1.165) is 22.0 Å². The van der Waals surface area contributed by atoms with Crippen LogP contribution in [-0.2, 0) is 17.8 Å². The molecule has 0 aliphatic rings. The lowest BCUT2D eigenvalue weighted by Gasteiger charge is -2.11. The summed E-state index contributed by atoms with van der Waals surface area (Å²) in [5, 5.41) is 6.42. The van der Waals surface area contributed by atoms with Gasteiger partial charge in [-0.2, -0.15) is 5.10 Å². The van der Waals surface area contributed by atoms with E-state index in [4.69, 9.17) is 22.4 Å². The van der Waals surface area contributed by atoms with Gasteiger partial charge in [0.15, 0.2) is 0 Å². The Morgan fingerprint density at radius 1 is 1.04 bits per heavy atom. The molecule has 2 aromatic carbocycles. The molecule has 2 heterocycles. The van der Waals surface area contributed by atoms with Gasteiger partial charge in [0.05, 0.1) is 23.7 Å². The van der Waals surface area contributed by atoms with Crippen molar-refractivity contribution in [3.05, 3.63) is 94.9 Å². The minimum absolute atomic E-state index is 0.397. The molecule has 140 valence electrons. The van der Waals surface area contributed by atoms with Gasteiger partial charge in [0, 0.05) is 22.8 Å². The topological polar surface area (TPSA) is 73.8 Å². The van der Waals surface area contributed by atoms with Crippen LogP contribution in [0.3, 0.4) is 0 Å². The van der Waals surface area contributed by atoms with Crippen molar-refractivity contribution in [2.24, 2.45) is 5.73 Å². The molecule has 0 fully saturated rings. The molecular weight excluding hydrogens is 372 g/mol. The number of amides is 1. The lowest BCUT2D eigenvalue weighted by atomic mass is 9.94. The van der Waals surface area contributed by atoms with Crippen LogP contribution < -0.4 is 5.73 Å². The number of halogens is 1. The Balaban J connectivity index is 1.75. The number of fused-ring (bicyclic) bond motifs is 1. The molecule has 0 bridgehead atoms. The fourth-order valence-corrected chi connectivity index (χ4v) is 3.51. The summed E-state index contributed by atoms with van der Waals surface area (Å²) in [6, 6.07) is 19.4. The van der Waals surface area contributed by atoms with E-state index in [0.29, 0.717) is 23.7 Å². The highest BCUT2D eigenvalue weighted by Crippen LogP contribution is 2.28. The first-order chi connectivity index (χ1) is 13.6. The molecule has 4 aromatic rings. The van der Waals surface area contributed by atoms with Gasteiger partial charge in [-0.1, -0.05) is 48.0 Å². The summed E-state index contributed by atoms with van der Waals surface area (Å²) >= 11 is 5.99. The number of carbonyl (C=O) groups excluding carboxylic acids is 1. The molecule has 28 heavy (non-hydrogen) atoms. The molecule has 2 N–H and O–H groups in total. The molecule has 5 nitrogen and oxygen atoms in total. The lowest BCUT2D eigenvalue weighted by Crippen LogP contribution is -2.24. The average molecular weight is 391 g/mol. The van der Waals surface area contributed by atoms with Gasteiger partial charge < -0.3 is 5.73 Å². The monoisotopic (exact) mass is 390 g/mol. The number of carbonyl (C=O) groups is 1. The molecule has 0 radical (unpaired) electrons. The number of rotatable bonds is 6. The van der Waals surface area contributed by atoms with E-state index in [9.17, 15) is 4.79 Å². The third-order valence-corrected chi connectivity index (χ3v) is 5.02. The summed E-state index contributed by atoms with van der Waals surface area (Å²) < 4.78 is 1.91. The smallest absolute Gasteiger partial charge is 0.226 e. The number of para-hydroxylation sites is 1. The van der Waals surface area contributed by atoms with Crippen LogP contribution in [0.5, 0.6) is 0 Å². The maximum atomic E-state index is 12.3. The minimum atomic E-state index is -0.527. The minimum Gasteiger partial charge on any atom is -0.369 e. The fraction of sp³-hybridized carbons (Fsp3) is 0.136. The Morgan fingerprint density at radius 3 is 2.54 bits per heavy atom. The Labute approximate surface area is 167 Å². The van der Waals surface area contributed by atoms with Crippen molar-refractivity contribution in [3.8, 4) is 0 Å². The van der Waals surface area contributed by atoms with Gasteiger partial charge in [-0.15, -0.1) is 0 Å². The zero-order valence-corrected chi connectivity index (χ0v) is 15.9. The van der Waals surface area contributed by atoms with E-state index < -0.39 is 11.8 Å². The van der Waals surface area contributed by atoms with Crippen LogP contribution in [0.4, 0.5) is 0 Å². The van der Waals surface area contributed by atoms with Gasteiger partial charge in [-0.05, 0) is 41.8 Å². The van der Waals surface area contributed by atoms with Crippen molar-refractivity contribution in [1.29, 1.82) is 0 Å². The molecule has 0 saturated carbocycles. The zero-order valence-electron chi connectivity index (χ0n) is 15.1. The SMILES string of the molecule is NC(=O)C(Cc1cccnc1)c1nn(Cc2ccc(Cl)cc2)c2ccccc12. The predicted molar refractivity (Wildman–Crippen MR) is 110 cm³/mol. The molecule has 0 spiro atoms. The highest BCUT2D eigenvalue weighted by atomic mass is 35.5. The molecule has 4 rings (SSSR count). The Bertz CT molecular complexity index is 1110. The summed E-state index contributed by atoms with van der Waals surface area (Å²) in [6.07, 6.45) is 3.92. The molecule has 0 aliphatic heterocycles. The summed E-state index contributed by atoms with van der Waals surface area (Å²) in [5.41, 5.74) is 9.44. The third-order valence-electron chi connectivity index (χ3n) is 4.77. The normalized spacial score (nSPS) is 12.2. The van der Waals surface area contributed by atoms with Crippen molar-refractivity contribution in [3.63, 3.8) is 0 Å². The molecule has 1 unspecified atom stereocenters. The highest BCUT2D eigenvalue weighted by Gasteiger charge is 2.25. The van der Waals surface area contributed by atoms with Crippen molar-refractivity contribution in [2.45, 2.75) is 18.9 Å². The molecule has 1 amide bonds. The number of benzene rings is 2. The first kappa shape index (κ1) is 18.2. The van der Waals surface area contributed by atoms with E-state index in [-0.39, 0.29) is 0 Å². The number of nitrogens with zero attached hydrogens (tertiary/aromatic N) is 3. The molecule has 1 atom stereocenters. The fourth-order valence-electron chi connectivity index (χ4n) is 3.38. The number of pyridine rings is 1. The summed E-state index contributed by atoms with van der Waals surface area (Å²) in [6.45, 7) is 0.579. The Hall–Kier alpha value is -3.18. The van der Waals surface area contributed by atoms with E-state index in [1.807, 2.05) is 65.3 Å². The van der Waals surface area contributed by atoms with Crippen molar-refractivity contribution in [1.82, 2.24) is 14.8 Å². The van der Waals surface area contributed by atoms with E-state index in [1.54, 1.807) is 12.4 Å². The van der Waals surface area contributed by atoms with E-state index in [1.165, 1.54) is 0 Å². The first-order valence-corrected chi connectivity index (χ1v) is 9.38. The number of hydrogen-bond acceptors (Lipinski definition) is 3. The van der Waals surface area contributed by atoms with E-state index in [2.05, 4.69) is 4.98 Å². The van der Waals surface area contributed by atoms with Gasteiger partial charge in [0.25, 0.3) is 0 Å². The van der Waals surface area contributed by atoms with Crippen LogP contribution in [0.25, 0.3) is 10.9 Å². The quantitative estimate of drug-likeness (QED) is 0.541. The van der Waals surface area contributed by atoms with Crippen LogP contribution in [0.15, 0.2) is 73.1 Å². The lowest BCUT2D eigenvalue weighted by molar-refractivity contribution is -0.119. The van der Waals surface area contributed by atoms with Crippen LogP contribution in [0.1, 0.15) is 22.7 Å². The largest absolute Gasteiger partial charge is 0.369 e. The van der Waals surface area contributed by atoms with Gasteiger partial charge in [0.1, 0.15) is 0 Å². The maximum Gasteiger partial charge on any atom is 0.226 e. The molecule has 2 aromatic heterocycles. The van der Waals surface area contributed by atoms with Crippen LogP contribution in [0, 0.1) is 0 Å². The second-order valence-corrected chi connectivity index (χ2v) is 7.14. The van der Waals surface area contributed by atoms with Gasteiger partial charge in [-0.25, -0.2) is 0 Å².